The summed E-state index contributed by atoms with van der Waals surface area (Å²) in [5, 5.41) is 10.9. The second-order valence-electron chi connectivity index (χ2n) is 7.29. The zero-order valence-corrected chi connectivity index (χ0v) is 13.8. The summed E-state index contributed by atoms with van der Waals surface area (Å²) in [4.78, 5) is 4.71. The molecule has 0 spiro atoms. The first kappa shape index (κ1) is 15.2. The fourth-order valence-corrected chi connectivity index (χ4v) is 2.97. The quantitative estimate of drug-likeness (QED) is 0.915. The second kappa shape index (κ2) is 6.21. The van der Waals surface area contributed by atoms with Crippen molar-refractivity contribution >= 4 is 0 Å². The minimum absolute atomic E-state index is 0.201. The maximum Gasteiger partial charge on any atom is 0.153 e. The largest absolute Gasteiger partial charge is 0.317 e. The fraction of sp³-hybridized carbons (Fsp3) is 0.556. The first-order valence-corrected chi connectivity index (χ1v) is 8.24. The van der Waals surface area contributed by atoms with E-state index in [1.54, 1.807) is 0 Å². The fourth-order valence-electron chi connectivity index (χ4n) is 2.97. The first-order valence-electron chi connectivity index (χ1n) is 8.24. The number of rotatable bonds is 3. The second-order valence-corrected chi connectivity index (χ2v) is 7.29. The van der Waals surface area contributed by atoms with Crippen LogP contribution in [0.5, 0.6) is 0 Å². The first-order chi connectivity index (χ1) is 10.5. The summed E-state index contributed by atoms with van der Waals surface area (Å²) in [6.45, 7) is 8.86. The Bertz CT molecular complexity index is 601. The number of nitrogens with zero attached hydrogens (tertiary/aromatic N) is 2. The van der Waals surface area contributed by atoms with Gasteiger partial charge in [-0.3, -0.25) is 5.10 Å². The van der Waals surface area contributed by atoms with Gasteiger partial charge < -0.3 is 5.32 Å². The molecule has 4 heteroatoms. The van der Waals surface area contributed by atoms with Crippen molar-refractivity contribution in [3.05, 3.63) is 47.0 Å². The zero-order valence-electron chi connectivity index (χ0n) is 13.8. The minimum atomic E-state index is 0.201. The van der Waals surface area contributed by atoms with Crippen LogP contribution in [0.15, 0.2) is 24.3 Å². The summed E-state index contributed by atoms with van der Waals surface area (Å²) in [6, 6.07) is 8.85. The molecule has 1 aliphatic heterocycles. The highest BCUT2D eigenvalue weighted by Crippen LogP contribution is 2.24. The number of piperidine rings is 1. The van der Waals surface area contributed by atoms with Gasteiger partial charge in [-0.05, 0) is 42.5 Å². The molecule has 22 heavy (non-hydrogen) atoms. The lowest BCUT2D eigenvalue weighted by Crippen LogP contribution is -2.27. The molecule has 0 saturated carbocycles. The van der Waals surface area contributed by atoms with Crippen molar-refractivity contribution in [2.45, 2.75) is 51.4 Å². The molecule has 1 aromatic heterocycles. The van der Waals surface area contributed by atoms with Crippen LogP contribution in [0.3, 0.4) is 0 Å². The van der Waals surface area contributed by atoms with Gasteiger partial charge in [-0.15, -0.1) is 0 Å². The topological polar surface area (TPSA) is 53.6 Å². The van der Waals surface area contributed by atoms with Gasteiger partial charge in [0.15, 0.2) is 5.82 Å². The molecule has 0 bridgehead atoms. The van der Waals surface area contributed by atoms with Crippen LogP contribution in [-0.2, 0) is 11.8 Å². The lowest BCUT2D eigenvalue weighted by atomic mass is 9.86. The molecule has 3 rings (SSSR count). The predicted octanol–water partition coefficient (Wildman–Crippen LogP) is 3.16. The van der Waals surface area contributed by atoms with E-state index in [1.807, 2.05) is 0 Å². The van der Waals surface area contributed by atoms with Crippen LogP contribution in [-0.4, -0.2) is 28.3 Å². The Kier molecular flexibility index (Phi) is 4.30. The molecule has 0 atom stereocenters. The average molecular weight is 298 g/mol. The van der Waals surface area contributed by atoms with Crippen LogP contribution in [0.2, 0.25) is 0 Å². The molecule has 0 aliphatic carbocycles. The molecule has 1 aromatic carbocycles. The standard InChI is InChI=1S/C18H26N4/c1-18(2,3)15-6-4-13(5-7-15)12-16-20-17(22-21-16)14-8-10-19-11-9-14/h4-7,14,19H,8-12H2,1-3H3,(H,20,21,22). The Balaban J connectivity index is 1.67. The van der Waals surface area contributed by atoms with Crippen LogP contribution in [0, 0.1) is 0 Å². The molecule has 118 valence electrons. The van der Waals surface area contributed by atoms with Gasteiger partial charge in [-0.1, -0.05) is 45.0 Å². The molecule has 0 unspecified atom stereocenters. The Labute approximate surface area is 132 Å². The van der Waals surface area contributed by atoms with E-state index in [0.29, 0.717) is 5.92 Å². The molecule has 4 nitrogen and oxygen atoms in total. The van der Waals surface area contributed by atoms with E-state index in [-0.39, 0.29) is 5.41 Å². The average Bonchev–Trinajstić information content (AvgIpc) is 2.96. The van der Waals surface area contributed by atoms with Gasteiger partial charge in [0.25, 0.3) is 0 Å². The van der Waals surface area contributed by atoms with Gasteiger partial charge in [-0.25, -0.2) is 4.98 Å². The number of aromatic amines is 1. The summed E-state index contributed by atoms with van der Waals surface area (Å²) >= 11 is 0. The van der Waals surface area contributed by atoms with Crippen molar-refractivity contribution in [3.8, 4) is 0 Å². The van der Waals surface area contributed by atoms with Crippen molar-refractivity contribution < 1.29 is 0 Å². The molecule has 1 aliphatic rings. The molecule has 0 amide bonds. The zero-order chi connectivity index (χ0) is 15.6. The molecular formula is C18H26N4. The van der Waals surface area contributed by atoms with Crippen molar-refractivity contribution in [3.63, 3.8) is 0 Å². The molecule has 2 heterocycles. The third kappa shape index (κ3) is 3.55. The number of hydrogen-bond acceptors (Lipinski definition) is 3. The van der Waals surface area contributed by atoms with Crippen LogP contribution in [0.1, 0.15) is 62.3 Å². The third-order valence-electron chi connectivity index (χ3n) is 4.44. The molecule has 2 N–H and O–H groups in total. The van der Waals surface area contributed by atoms with Crippen LogP contribution < -0.4 is 5.32 Å². The summed E-state index contributed by atoms with van der Waals surface area (Å²) in [5.74, 6) is 2.47. The van der Waals surface area contributed by atoms with Gasteiger partial charge in [0, 0.05) is 12.3 Å². The van der Waals surface area contributed by atoms with E-state index in [1.165, 1.54) is 11.1 Å². The van der Waals surface area contributed by atoms with E-state index in [0.717, 1.165) is 44.0 Å². The third-order valence-corrected chi connectivity index (χ3v) is 4.44. The number of benzene rings is 1. The molecule has 0 radical (unpaired) electrons. The van der Waals surface area contributed by atoms with Crippen molar-refractivity contribution in [2.75, 3.05) is 13.1 Å². The summed E-state index contributed by atoms with van der Waals surface area (Å²) in [6.07, 6.45) is 3.09. The normalized spacial score (nSPS) is 16.9. The van der Waals surface area contributed by atoms with E-state index < -0.39 is 0 Å². The maximum absolute atomic E-state index is 4.71. The number of hydrogen-bond donors (Lipinski definition) is 2. The number of H-pyrrole nitrogens is 1. The summed E-state index contributed by atoms with van der Waals surface area (Å²) < 4.78 is 0. The number of nitrogens with one attached hydrogen (secondary N) is 2. The Morgan fingerprint density at radius 1 is 1.09 bits per heavy atom. The van der Waals surface area contributed by atoms with E-state index in [4.69, 9.17) is 4.98 Å². The lowest BCUT2D eigenvalue weighted by Gasteiger charge is -2.19. The SMILES string of the molecule is CC(C)(C)c1ccc(Cc2nc(C3CCNCC3)n[nH]2)cc1. The van der Waals surface area contributed by atoms with Crippen molar-refractivity contribution in [1.29, 1.82) is 0 Å². The summed E-state index contributed by atoms with van der Waals surface area (Å²) in [7, 11) is 0. The van der Waals surface area contributed by atoms with Crippen LogP contribution in [0.4, 0.5) is 0 Å². The van der Waals surface area contributed by atoms with Gasteiger partial charge in [0.05, 0.1) is 0 Å². The van der Waals surface area contributed by atoms with E-state index in [9.17, 15) is 0 Å². The van der Waals surface area contributed by atoms with Gasteiger partial charge in [-0.2, -0.15) is 5.10 Å². The monoisotopic (exact) mass is 298 g/mol. The Morgan fingerprint density at radius 2 is 1.77 bits per heavy atom. The smallest absolute Gasteiger partial charge is 0.153 e. The highest BCUT2D eigenvalue weighted by atomic mass is 15.2. The molecular weight excluding hydrogens is 272 g/mol. The Morgan fingerprint density at radius 3 is 2.41 bits per heavy atom. The van der Waals surface area contributed by atoms with E-state index >= 15 is 0 Å². The summed E-state index contributed by atoms with van der Waals surface area (Å²) in [5.41, 5.74) is 2.85. The van der Waals surface area contributed by atoms with Gasteiger partial charge >= 0.3 is 0 Å². The molecule has 1 fully saturated rings. The number of aromatic nitrogens is 3. The van der Waals surface area contributed by atoms with Crippen LogP contribution >= 0.6 is 0 Å². The van der Waals surface area contributed by atoms with Crippen LogP contribution in [0.25, 0.3) is 0 Å². The molecule has 2 aromatic rings. The Hall–Kier alpha value is -1.68. The highest BCUT2D eigenvalue weighted by Gasteiger charge is 2.19. The van der Waals surface area contributed by atoms with Gasteiger partial charge in [0.2, 0.25) is 0 Å². The van der Waals surface area contributed by atoms with Crippen molar-refractivity contribution in [1.82, 2.24) is 20.5 Å². The van der Waals surface area contributed by atoms with Gasteiger partial charge in [0.1, 0.15) is 5.82 Å². The minimum Gasteiger partial charge on any atom is -0.317 e. The van der Waals surface area contributed by atoms with Crippen molar-refractivity contribution in [2.24, 2.45) is 0 Å². The van der Waals surface area contributed by atoms with E-state index in [2.05, 4.69) is 60.6 Å². The highest BCUT2D eigenvalue weighted by molar-refractivity contribution is 5.29. The predicted molar refractivity (Wildman–Crippen MR) is 89.2 cm³/mol. The molecule has 1 saturated heterocycles. The maximum atomic E-state index is 4.71. The lowest BCUT2D eigenvalue weighted by molar-refractivity contribution is 0.446.